The summed E-state index contributed by atoms with van der Waals surface area (Å²) in [6, 6.07) is 0. The van der Waals surface area contributed by atoms with E-state index in [-0.39, 0.29) is 0 Å². The largest absolute Gasteiger partial charge is 0.374 e. The number of methoxy groups -OCH3 is 1. The summed E-state index contributed by atoms with van der Waals surface area (Å²) in [6.07, 6.45) is -1.27. The highest BCUT2D eigenvalue weighted by Gasteiger charge is 2.24. The molecule has 1 aliphatic rings. The van der Waals surface area contributed by atoms with Crippen molar-refractivity contribution in [1.82, 2.24) is 0 Å². The molecule has 0 aromatic heterocycles. The van der Waals surface area contributed by atoms with Crippen molar-refractivity contribution in [1.29, 1.82) is 0 Å². The number of rotatable bonds is 1. The Bertz CT molecular complexity index is 210. The average Bonchev–Trinajstić information content (AvgIpc) is 1.97. The van der Waals surface area contributed by atoms with Crippen molar-refractivity contribution < 1.29 is 17.9 Å². The van der Waals surface area contributed by atoms with Crippen molar-refractivity contribution in [3.8, 4) is 0 Å². The molecule has 4 heteroatoms. The quantitative estimate of drug-likeness (QED) is 0.576. The summed E-state index contributed by atoms with van der Waals surface area (Å²) < 4.78 is 41.8. The van der Waals surface area contributed by atoms with Gasteiger partial charge in [-0.15, -0.1) is 0 Å². The lowest BCUT2D eigenvalue weighted by Gasteiger charge is -2.16. The number of hydrogen-bond acceptors (Lipinski definition) is 1. The van der Waals surface area contributed by atoms with Crippen molar-refractivity contribution in [2.24, 2.45) is 0 Å². The maximum Gasteiger partial charge on any atom is 0.157 e. The average molecular weight is 164 g/mol. The lowest BCUT2D eigenvalue weighted by Crippen LogP contribution is -2.23. The Morgan fingerprint density at radius 3 is 2.36 bits per heavy atom. The van der Waals surface area contributed by atoms with E-state index >= 15 is 0 Å². The first kappa shape index (κ1) is 8.33. The molecule has 2 unspecified atom stereocenters. The summed E-state index contributed by atoms with van der Waals surface area (Å²) in [5, 5.41) is 0. The van der Waals surface area contributed by atoms with E-state index in [1.165, 1.54) is 7.11 Å². The molecule has 0 aromatic carbocycles. The van der Waals surface area contributed by atoms with Crippen molar-refractivity contribution in [2.45, 2.75) is 12.3 Å². The summed E-state index contributed by atoms with van der Waals surface area (Å²) in [5.41, 5.74) is 0. The Morgan fingerprint density at radius 2 is 1.82 bits per heavy atom. The van der Waals surface area contributed by atoms with Gasteiger partial charge < -0.3 is 4.74 Å². The van der Waals surface area contributed by atoms with E-state index in [1.807, 2.05) is 0 Å². The van der Waals surface area contributed by atoms with Gasteiger partial charge in [0.05, 0.1) is 0 Å². The van der Waals surface area contributed by atoms with E-state index in [4.69, 9.17) is 0 Å². The third-order valence-electron chi connectivity index (χ3n) is 1.43. The van der Waals surface area contributed by atoms with Gasteiger partial charge in [0, 0.05) is 7.11 Å². The van der Waals surface area contributed by atoms with Crippen LogP contribution in [0.2, 0.25) is 0 Å². The minimum Gasteiger partial charge on any atom is -0.374 e. The fraction of sp³-hybridized carbons (Fsp3) is 0.429. The number of ether oxygens (including phenoxy) is 1. The molecule has 2 atom stereocenters. The van der Waals surface area contributed by atoms with Gasteiger partial charge in [-0.25, -0.2) is 13.2 Å². The van der Waals surface area contributed by atoms with Crippen LogP contribution in [0, 0.1) is 0 Å². The minimum atomic E-state index is -1.60. The molecule has 0 aromatic rings. The monoisotopic (exact) mass is 164 g/mol. The van der Waals surface area contributed by atoms with E-state index in [1.54, 1.807) is 0 Å². The first-order valence-corrected chi connectivity index (χ1v) is 3.07. The van der Waals surface area contributed by atoms with Gasteiger partial charge in [-0.2, -0.15) is 0 Å². The van der Waals surface area contributed by atoms with E-state index < -0.39 is 23.9 Å². The molecule has 0 bridgehead atoms. The standard InChI is InChI=1S/C7H7F3O/c1-11-7-3-5(9)4(8)2-6(7)10/h2-3,6-7H,1H3. The van der Waals surface area contributed by atoms with Gasteiger partial charge in [-0.05, 0) is 12.2 Å². The van der Waals surface area contributed by atoms with Crippen LogP contribution >= 0.6 is 0 Å². The summed E-state index contributed by atoms with van der Waals surface area (Å²) in [6.45, 7) is 0. The highest BCUT2D eigenvalue weighted by Crippen LogP contribution is 2.24. The Morgan fingerprint density at radius 1 is 1.27 bits per heavy atom. The first-order valence-electron chi connectivity index (χ1n) is 3.07. The van der Waals surface area contributed by atoms with E-state index in [0.29, 0.717) is 6.08 Å². The molecular weight excluding hydrogens is 157 g/mol. The zero-order valence-electron chi connectivity index (χ0n) is 5.85. The van der Waals surface area contributed by atoms with Crippen LogP contribution in [0.25, 0.3) is 0 Å². The van der Waals surface area contributed by atoms with Crippen LogP contribution in [0.4, 0.5) is 13.2 Å². The molecule has 11 heavy (non-hydrogen) atoms. The van der Waals surface area contributed by atoms with Gasteiger partial charge in [-0.1, -0.05) is 0 Å². The van der Waals surface area contributed by atoms with Crippen LogP contribution in [0.15, 0.2) is 23.8 Å². The van der Waals surface area contributed by atoms with Crippen molar-refractivity contribution >= 4 is 0 Å². The van der Waals surface area contributed by atoms with E-state index in [9.17, 15) is 13.2 Å². The van der Waals surface area contributed by atoms with Gasteiger partial charge in [0.1, 0.15) is 6.10 Å². The van der Waals surface area contributed by atoms with Gasteiger partial charge in [0.2, 0.25) is 0 Å². The van der Waals surface area contributed by atoms with Gasteiger partial charge in [0.15, 0.2) is 17.8 Å². The lowest BCUT2D eigenvalue weighted by atomic mass is 10.1. The lowest BCUT2D eigenvalue weighted by molar-refractivity contribution is 0.0817. The molecule has 1 aliphatic carbocycles. The van der Waals surface area contributed by atoms with Crippen molar-refractivity contribution in [3.63, 3.8) is 0 Å². The molecule has 0 saturated heterocycles. The van der Waals surface area contributed by atoms with Gasteiger partial charge in [0.25, 0.3) is 0 Å². The summed E-state index contributed by atoms with van der Waals surface area (Å²) >= 11 is 0. The second-order valence-corrected chi connectivity index (χ2v) is 2.17. The van der Waals surface area contributed by atoms with Crippen LogP contribution in [-0.4, -0.2) is 19.4 Å². The maximum atomic E-state index is 12.6. The van der Waals surface area contributed by atoms with Gasteiger partial charge in [-0.3, -0.25) is 0 Å². The molecule has 0 amide bonds. The molecule has 0 saturated carbocycles. The molecule has 1 nitrogen and oxygen atoms in total. The Hall–Kier alpha value is -0.770. The van der Waals surface area contributed by atoms with Gasteiger partial charge >= 0.3 is 0 Å². The van der Waals surface area contributed by atoms with Crippen LogP contribution < -0.4 is 0 Å². The molecule has 0 N–H and O–H groups in total. The first-order chi connectivity index (χ1) is 5.15. The molecule has 0 fully saturated rings. The molecule has 1 rings (SSSR count). The van der Waals surface area contributed by atoms with E-state index in [2.05, 4.69) is 4.74 Å². The third-order valence-corrected chi connectivity index (χ3v) is 1.43. The SMILES string of the molecule is COC1C=C(F)C(F)=CC1F. The topological polar surface area (TPSA) is 9.23 Å². The predicted molar refractivity (Wildman–Crippen MR) is 34.1 cm³/mol. The maximum absolute atomic E-state index is 12.6. The molecule has 0 radical (unpaired) electrons. The number of halogens is 3. The van der Waals surface area contributed by atoms with Crippen LogP contribution in [0.1, 0.15) is 0 Å². The van der Waals surface area contributed by atoms with Crippen molar-refractivity contribution in [3.05, 3.63) is 23.8 Å². The Labute approximate surface area is 62.2 Å². The second kappa shape index (κ2) is 3.09. The summed E-state index contributed by atoms with van der Waals surface area (Å²) in [5.74, 6) is -2.23. The smallest absolute Gasteiger partial charge is 0.157 e. The Kier molecular flexibility index (Phi) is 2.34. The molecule has 0 heterocycles. The summed E-state index contributed by atoms with van der Waals surface area (Å²) in [4.78, 5) is 0. The number of alkyl halides is 1. The highest BCUT2D eigenvalue weighted by molar-refractivity contribution is 5.27. The predicted octanol–water partition coefficient (Wildman–Crippen LogP) is 2.06. The Balaban J connectivity index is 2.79. The van der Waals surface area contributed by atoms with E-state index in [0.717, 1.165) is 6.08 Å². The highest BCUT2D eigenvalue weighted by atomic mass is 19.2. The zero-order chi connectivity index (χ0) is 8.43. The third kappa shape index (κ3) is 1.63. The van der Waals surface area contributed by atoms with Crippen LogP contribution in [-0.2, 0) is 4.74 Å². The fourth-order valence-corrected chi connectivity index (χ4v) is 0.828. The molecule has 0 spiro atoms. The van der Waals surface area contributed by atoms with Crippen LogP contribution in [0.3, 0.4) is 0 Å². The number of allylic oxidation sites excluding steroid dienone is 2. The molecular formula is C7H7F3O. The van der Waals surface area contributed by atoms with Crippen molar-refractivity contribution in [2.75, 3.05) is 7.11 Å². The zero-order valence-corrected chi connectivity index (χ0v) is 5.85. The summed E-state index contributed by atoms with van der Waals surface area (Å²) in [7, 11) is 1.23. The molecule has 0 aliphatic heterocycles. The normalized spacial score (nSPS) is 31.3. The fourth-order valence-electron chi connectivity index (χ4n) is 0.828. The molecule has 62 valence electrons. The number of hydrogen-bond donors (Lipinski definition) is 0. The minimum absolute atomic E-state index is 0.559. The second-order valence-electron chi connectivity index (χ2n) is 2.17. The van der Waals surface area contributed by atoms with Crippen LogP contribution in [0.5, 0.6) is 0 Å².